The van der Waals surface area contributed by atoms with Crippen molar-refractivity contribution in [2.45, 2.75) is 44.4 Å². The normalized spacial score (nSPS) is 16.1. The summed E-state index contributed by atoms with van der Waals surface area (Å²) in [7, 11) is 0. The minimum absolute atomic E-state index is 0.0469. The number of carboxylic acid groups (broad SMARTS) is 1. The predicted molar refractivity (Wildman–Crippen MR) is 62.4 cm³/mol. The fourth-order valence-corrected chi connectivity index (χ4v) is 2.33. The second-order valence-electron chi connectivity index (χ2n) is 4.80. The highest BCUT2D eigenvalue weighted by atomic mass is 19.4. The molecule has 10 heteroatoms. The van der Waals surface area contributed by atoms with Crippen molar-refractivity contribution in [1.29, 1.82) is 0 Å². The molecule has 0 atom stereocenters. The molecule has 2 N–H and O–H groups in total. The Morgan fingerprint density at radius 1 is 1.33 bits per heavy atom. The van der Waals surface area contributed by atoms with E-state index >= 15 is 0 Å². The van der Waals surface area contributed by atoms with Gasteiger partial charge in [-0.2, -0.15) is 13.2 Å². The van der Waals surface area contributed by atoms with Crippen LogP contribution in [0.25, 0.3) is 0 Å². The van der Waals surface area contributed by atoms with Gasteiger partial charge in [0.1, 0.15) is 6.54 Å². The molecule has 1 aromatic heterocycles. The molecule has 1 aliphatic carbocycles. The van der Waals surface area contributed by atoms with Gasteiger partial charge in [-0.1, -0.05) is 18.1 Å². The van der Waals surface area contributed by atoms with Crippen LogP contribution in [0.2, 0.25) is 0 Å². The average Bonchev–Trinajstić information content (AvgIpc) is 2.96. The van der Waals surface area contributed by atoms with Crippen LogP contribution in [0.3, 0.4) is 0 Å². The average molecular weight is 306 g/mol. The summed E-state index contributed by atoms with van der Waals surface area (Å²) in [6.45, 7) is -0.717. The number of aromatic nitrogens is 3. The van der Waals surface area contributed by atoms with Gasteiger partial charge in [-0.25, -0.2) is 9.48 Å². The number of carbonyl (C=O) groups excluding carboxylic acids is 1. The van der Waals surface area contributed by atoms with E-state index in [1.165, 1.54) is 0 Å². The van der Waals surface area contributed by atoms with Crippen molar-refractivity contribution in [3.05, 3.63) is 11.4 Å². The molecule has 1 saturated carbocycles. The van der Waals surface area contributed by atoms with Crippen molar-refractivity contribution < 1.29 is 27.9 Å². The van der Waals surface area contributed by atoms with E-state index in [4.69, 9.17) is 5.11 Å². The summed E-state index contributed by atoms with van der Waals surface area (Å²) < 4.78 is 38.9. The van der Waals surface area contributed by atoms with E-state index in [0.717, 1.165) is 25.7 Å². The molecule has 0 bridgehead atoms. The van der Waals surface area contributed by atoms with Crippen LogP contribution in [0.15, 0.2) is 0 Å². The summed E-state index contributed by atoms with van der Waals surface area (Å²) in [5.74, 6) is -2.49. The number of nitrogens with zero attached hydrogens (tertiary/aromatic N) is 3. The zero-order valence-electron chi connectivity index (χ0n) is 10.9. The Hall–Kier alpha value is -2.13. The van der Waals surface area contributed by atoms with Gasteiger partial charge in [0.2, 0.25) is 11.6 Å². The lowest BCUT2D eigenvalue weighted by Crippen LogP contribution is -2.36. The third kappa shape index (κ3) is 3.50. The fraction of sp³-hybridized carbons (Fsp3) is 0.636. The first-order chi connectivity index (χ1) is 9.79. The van der Waals surface area contributed by atoms with Crippen LogP contribution < -0.4 is 5.32 Å². The van der Waals surface area contributed by atoms with Gasteiger partial charge in [-0.15, -0.1) is 5.10 Å². The summed E-state index contributed by atoms with van der Waals surface area (Å²) in [5.41, 5.74) is -2.74. The van der Waals surface area contributed by atoms with Crippen molar-refractivity contribution in [2.24, 2.45) is 0 Å². The number of halogens is 3. The Bertz CT molecular complexity index is 549. The van der Waals surface area contributed by atoms with Gasteiger partial charge in [0, 0.05) is 6.04 Å². The minimum atomic E-state index is -4.95. The Balaban J connectivity index is 2.15. The topological polar surface area (TPSA) is 97.1 Å². The molecule has 7 nitrogen and oxygen atoms in total. The van der Waals surface area contributed by atoms with Crippen LogP contribution in [-0.4, -0.2) is 38.0 Å². The van der Waals surface area contributed by atoms with Gasteiger partial charge in [0.05, 0.1) is 0 Å². The van der Waals surface area contributed by atoms with Crippen LogP contribution >= 0.6 is 0 Å². The molecule has 0 aromatic carbocycles. The minimum Gasteiger partial charge on any atom is -0.476 e. The van der Waals surface area contributed by atoms with Gasteiger partial charge in [-0.3, -0.25) is 4.79 Å². The molecule has 0 aliphatic heterocycles. The van der Waals surface area contributed by atoms with Gasteiger partial charge < -0.3 is 10.4 Å². The van der Waals surface area contributed by atoms with Crippen molar-refractivity contribution in [1.82, 2.24) is 20.3 Å². The Morgan fingerprint density at radius 3 is 2.48 bits per heavy atom. The first kappa shape index (κ1) is 15.3. The number of carboxylic acids is 1. The van der Waals surface area contributed by atoms with Crippen molar-refractivity contribution >= 4 is 11.9 Å². The number of amides is 1. The lowest BCUT2D eigenvalue weighted by Gasteiger charge is -2.13. The molecule has 1 aromatic rings. The summed E-state index contributed by atoms with van der Waals surface area (Å²) in [5, 5.41) is 17.4. The SMILES string of the molecule is O=C(Cn1nnc(C(=O)O)c1C(F)(F)F)NC1CCCC1. The lowest BCUT2D eigenvalue weighted by molar-refractivity contribution is -0.145. The second-order valence-corrected chi connectivity index (χ2v) is 4.80. The molecular weight excluding hydrogens is 293 g/mol. The molecule has 1 fully saturated rings. The van der Waals surface area contributed by atoms with Gasteiger partial charge in [0.15, 0.2) is 5.69 Å². The molecule has 1 heterocycles. The third-order valence-electron chi connectivity index (χ3n) is 3.22. The Morgan fingerprint density at radius 2 is 1.95 bits per heavy atom. The van der Waals surface area contributed by atoms with E-state index in [1.54, 1.807) is 0 Å². The number of hydrogen-bond donors (Lipinski definition) is 2. The van der Waals surface area contributed by atoms with Crippen LogP contribution in [0.4, 0.5) is 13.2 Å². The zero-order valence-corrected chi connectivity index (χ0v) is 10.9. The van der Waals surface area contributed by atoms with Crippen LogP contribution in [-0.2, 0) is 17.5 Å². The molecule has 1 amide bonds. The smallest absolute Gasteiger partial charge is 0.435 e. The van der Waals surface area contributed by atoms with Gasteiger partial charge >= 0.3 is 12.1 Å². The number of nitrogens with one attached hydrogen (secondary N) is 1. The van der Waals surface area contributed by atoms with E-state index < -0.39 is 36.0 Å². The number of alkyl halides is 3. The molecule has 0 radical (unpaired) electrons. The molecule has 0 saturated heterocycles. The summed E-state index contributed by atoms with van der Waals surface area (Å²) >= 11 is 0. The van der Waals surface area contributed by atoms with E-state index in [-0.39, 0.29) is 10.7 Å². The molecule has 1 aliphatic rings. The van der Waals surface area contributed by atoms with E-state index in [1.807, 2.05) is 0 Å². The number of carbonyl (C=O) groups is 2. The van der Waals surface area contributed by atoms with Crippen LogP contribution in [0.5, 0.6) is 0 Å². The molecule has 0 spiro atoms. The van der Waals surface area contributed by atoms with Crippen molar-refractivity contribution in [3.8, 4) is 0 Å². The first-order valence-electron chi connectivity index (χ1n) is 6.32. The lowest BCUT2D eigenvalue weighted by atomic mass is 10.2. The monoisotopic (exact) mass is 306 g/mol. The van der Waals surface area contributed by atoms with Crippen LogP contribution in [0, 0.1) is 0 Å². The number of rotatable bonds is 4. The highest BCUT2D eigenvalue weighted by Gasteiger charge is 2.42. The van der Waals surface area contributed by atoms with Crippen LogP contribution in [0.1, 0.15) is 41.9 Å². The number of hydrogen-bond acceptors (Lipinski definition) is 4. The van der Waals surface area contributed by atoms with Crippen molar-refractivity contribution in [3.63, 3.8) is 0 Å². The standard InChI is InChI=1S/C11H13F3N4O3/c12-11(13,14)9-8(10(20)21)16-17-18(9)5-7(19)15-6-3-1-2-4-6/h6H,1-5H2,(H,15,19)(H,20,21). The summed E-state index contributed by atoms with van der Waals surface area (Å²) in [6, 6.07) is -0.0469. The largest absolute Gasteiger partial charge is 0.476 e. The quantitative estimate of drug-likeness (QED) is 0.866. The predicted octanol–water partition coefficient (Wildman–Crippen LogP) is 1.05. The molecule has 21 heavy (non-hydrogen) atoms. The molecular formula is C11H13F3N4O3. The van der Waals surface area contributed by atoms with E-state index in [9.17, 15) is 22.8 Å². The molecule has 2 rings (SSSR count). The highest BCUT2D eigenvalue weighted by molar-refractivity contribution is 5.87. The van der Waals surface area contributed by atoms with Gasteiger partial charge in [-0.05, 0) is 12.8 Å². The first-order valence-corrected chi connectivity index (χ1v) is 6.32. The fourth-order valence-electron chi connectivity index (χ4n) is 2.33. The maximum Gasteiger partial charge on any atom is 0.435 e. The summed E-state index contributed by atoms with van der Waals surface area (Å²) in [4.78, 5) is 22.4. The van der Waals surface area contributed by atoms with E-state index in [0.29, 0.717) is 0 Å². The zero-order chi connectivity index (χ0) is 15.6. The second kappa shape index (κ2) is 5.70. The Labute approximate surface area is 117 Å². The highest BCUT2D eigenvalue weighted by Crippen LogP contribution is 2.31. The Kier molecular flexibility index (Phi) is 4.14. The summed E-state index contributed by atoms with van der Waals surface area (Å²) in [6.07, 6.45) is -1.45. The molecule has 0 unspecified atom stereocenters. The van der Waals surface area contributed by atoms with Gasteiger partial charge in [0.25, 0.3) is 0 Å². The van der Waals surface area contributed by atoms with E-state index in [2.05, 4.69) is 15.6 Å². The third-order valence-corrected chi connectivity index (χ3v) is 3.22. The van der Waals surface area contributed by atoms with Crippen molar-refractivity contribution in [2.75, 3.05) is 0 Å². The maximum atomic E-state index is 12.9. The molecule has 116 valence electrons. The number of aromatic carboxylic acids is 1. The maximum absolute atomic E-state index is 12.9.